The van der Waals surface area contributed by atoms with E-state index >= 15 is 0 Å². The summed E-state index contributed by atoms with van der Waals surface area (Å²) in [5.74, 6) is 0.204. The molecule has 2 aromatic heterocycles. The molecule has 2 fully saturated rings. The van der Waals surface area contributed by atoms with Crippen LogP contribution >= 0.6 is 12.6 Å². The lowest BCUT2D eigenvalue weighted by Crippen LogP contribution is -2.50. The Labute approximate surface area is 146 Å². The number of aromatic amines is 1. The van der Waals surface area contributed by atoms with Crippen LogP contribution in [0.2, 0.25) is 0 Å². The molecule has 1 atom stereocenters. The monoisotopic (exact) mass is 342 g/mol. The number of thiol groups is 1. The number of anilines is 1. The maximum absolute atomic E-state index is 8.16. The largest absolute Gasteiger partial charge is 0.369 e. The number of nitrogens with zero attached hydrogens (tertiary/aromatic N) is 3. The van der Waals surface area contributed by atoms with Gasteiger partial charge in [-0.25, -0.2) is 9.98 Å². The van der Waals surface area contributed by atoms with Crippen LogP contribution in [0, 0.1) is 5.41 Å². The average molecular weight is 342 g/mol. The van der Waals surface area contributed by atoms with E-state index in [9.17, 15) is 0 Å². The third-order valence-corrected chi connectivity index (χ3v) is 5.39. The molecule has 0 aliphatic carbocycles. The molecular weight excluding hydrogens is 320 g/mol. The fourth-order valence-electron chi connectivity index (χ4n) is 4.07. The normalized spacial score (nSPS) is 24.5. The summed E-state index contributed by atoms with van der Waals surface area (Å²) in [6.45, 7) is 3.16. The zero-order valence-electron chi connectivity index (χ0n) is 13.5. The average Bonchev–Trinajstić information content (AvgIpc) is 3.20. The number of hydrogen-bond acceptors (Lipinski definition) is 4. The molecule has 126 valence electrons. The number of pyridine rings is 1. The lowest BCUT2D eigenvalue weighted by atomic mass is 9.88. The second-order valence-corrected chi connectivity index (χ2v) is 6.92. The second-order valence-electron chi connectivity index (χ2n) is 6.68. The Morgan fingerprint density at radius 1 is 1.42 bits per heavy atom. The summed E-state index contributed by atoms with van der Waals surface area (Å²) in [5.41, 5.74) is 4.32. The predicted octanol–water partition coefficient (Wildman–Crippen LogP) is 2.57. The lowest BCUT2D eigenvalue weighted by molar-refractivity contribution is 0.280. The molecule has 0 saturated carbocycles. The quantitative estimate of drug-likeness (QED) is 0.385. The van der Waals surface area contributed by atoms with Gasteiger partial charge in [-0.05, 0) is 31.9 Å². The standard InChI is InChI=1S/C17H22N6S/c18-15(21-11-24)12-9-20-16-14(12)13(3-7-19-16)23-8-5-17(10-23)4-1-2-6-22-17/h3,7,9,11,22H,1-2,4-6,8,10H2,(H,19,20)(H2,18,21,24). The molecule has 24 heavy (non-hydrogen) atoms. The zero-order valence-corrected chi connectivity index (χ0v) is 14.4. The maximum Gasteiger partial charge on any atom is 0.154 e. The highest BCUT2D eigenvalue weighted by Gasteiger charge is 2.39. The van der Waals surface area contributed by atoms with Crippen LogP contribution in [0.1, 0.15) is 31.2 Å². The van der Waals surface area contributed by atoms with Gasteiger partial charge in [-0.1, -0.05) is 6.42 Å². The van der Waals surface area contributed by atoms with Gasteiger partial charge in [0, 0.05) is 36.6 Å². The van der Waals surface area contributed by atoms with Gasteiger partial charge in [0.15, 0.2) is 5.84 Å². The minimum Gasteiger partial charge on any atom is -0.369 e. The predicted molar refractivity (Wildman–Crippen MR) is 102 cm³/mol. The lowest BCUT2D eigenvalue weighted by Gasteiger charge is -2.35. The van der Waals surface area contributed by atoms with Crippen molar-refractivity contribution in [3.05, 3.63) is 24.0 Å². The van der Waals surface area contributed by atoms with E-state index in [4.69, 9.17) is 5.41 Å². The summed E-state index contributed by atoms with van der Waals surface area (Å²) in [6, 6.07) is 2.05. The summed E-state index contributed by atoms with van der Waals surface area (Å²) >= 11 is 3.99. The van der Waals surface area contributed by atoms with Crippen LogP contribution < -0.4 is 10.2 Å². The van der Waals surface area contributed by atoms with E-state index in [0.717, 1.165) is 41.9 Å². The molecule has 2 saturated heterocycles. The molecule has 6 nitrogen and oxygen atoms in total. The van der Waals surface area contributed by atoms with Crippen molar-refractivity contribution in [3.63, 3.8) is 0 Å². The van der Waals surface area contributed by atoms with Crippen LogP contribution in [0.15, 0.2) is 23.5 Å². The smallest absolute Gasteiger partial charge is 0.154 e. The van der Waals surface area contributed by atoms with Crippen LogP contribution in [0.4, 0.5) is 5.69 Å². The summed E-state index contributed by atoms with van der Waals surface area (Å²) in [7, 11) is 0. The molecular formula is C17H22N6S. The molecule has 7 heteroatoms. The van der Waals surface area contributed by atoms with Gasteiger partial charge in [-0.3, -0.25) is 5.41 Å². The van der Waals surface area contributed by atoms with E-state index < -0.39 is 0 Å². The molecule has 3 N–H and O–H groups in total. The first kappa shape index (κ1) is 15.7. The summed E-state index contributed by atoms with van der Waals surface area (Å²) in [5, 5.41) is 12.9. The Kier molecular flexibility index (Phi) is 4.05. The molecule has 2 aliphatic heterocycles. The Hall–Kier alpha value is -1.86. The molecule has 0 bridgehead atoms. The fourth-order valence-corrected chi connectivity index (χ4v) is 4.19. The zero-order chi connectivity index (χ0) is 16.6. The minimum atomic E-state index is 0.204. The molecule has 2 aliphatic rings. The first-order valence-electron chi connectivity index (χ1n) is 8.44. The van der Waals surface area contributed by atoms with Crippen LogP contribution in [0.3, 0.4) is 0 Å². The summed E-state index contributed by atoms with van der Waals surface area (Å²) in [6.07, 6.45) is 8.66. The molecule has 1 unspecified atom stereocenters. The van der Waals surface area contributed by atoms with E-state index in [0.29, 0.717) is 0 Å². The molecule has 0 amide bonds. The first-order chi connectivity index (χ1) is 11.7. The summed E-state index contributed by atoms with van der Waals surface area (Å²) < 4.78 is 0. The number of aromatic nitrogens is 2. The molecule has 4 heterocycles. The van der Waals surface area contributed by atoms with Crippen molar-refractivity contribution in [1.29, 1.82) is 5.41 Å². The van der Waals surface area contributed by atoms with Gasteiger partial charge < -0.3 is 15.2 Å². The SMILES string of the molecule is N=C(/N=C\S)c1c[nH]c2nccc(N3CCC4(CCCCN4)C3)c12. The number of nitrogens with one attached hydrogen (secondary N) is 3. The van der Waals surface area contributed by atoms with Crippen LogP contribution in [-0.4, -0.2) is 46.5 Å². The van der Waals surface area contributed by atoms with Crippen molar-refractivity contribution >= 4 is 40.7 Å². The molecule has 4 rings (SSSR count). The van der Waals surface area contributed by atoms with Gasteiger partial charge in [-0.15, -0.1) is 12.6 Å². The molecule has 0 aromatic carbocycles. The third kappa shape index (κ3) is 2.61. The van der Waals surface area contributed by atoms with E-state index in [1.165, 1.54) is 31.2 Å². The van der Waals surface area contributed by atoms with E-state index in [1.807, 2.05) is 12.4 Å². The van der Waals surface area contributed by atoms with Gasteiger partial charge in [0.1, 0.15) is 5.65 Å². The number of amidine groups is 1. The minimum absolute atomic E-state index is 0.204. The van der Waals surface area contributed by atoms with Gasteiger partial charge in [0.2, 0.25) is 0 Å². The van der Waals surface area contributed by atoms with Gasteiger partial charge in [-0.2, -0.15) is 0 Å². The van der Waals surface area contributed by atoms with Crippen molar-refractivity contribution in [2.24, 2.45) is 4.99 Å². The van der Waals surface area contributed by atoms with Crippen molar-refractivity contribution in [3.8, 4) is 0 Å². The van der Waals surface area contributed by atoms with Crippen molar-refractivity contribution in [1.82, 2.24) is 15.3 Å². The van der Waals surface area contributed by atoms with E-state index in [-0.39, 0.29) is 11.4 Å². The van der Waals surface area contributed by atoms with Gasteiger partial charge in [0.05, 0.1) is 16.6 Å². The topological polar surface area (TPSA) is 80.2 Å². The Bertz CT molecular complexity index is 789. The van der Waals surface area contributed by atoms with Gasteiger partial charge in [0.25, 0.3) is 0 Å². The second kappa shape index (κ2) is 6.22. The van der Waals surface area contributed by atoms with Gasteiger partial charge >= 0.3 is 0 Å². The Morgan fingerprint density at radius 2 is 2.33 bits per heavy atom. The maximum atomic E-state index is 8.16. The molecule has 1 spiro atoms. The number of rotatable bonds is 2. The van der Waals surface area contributed by atoms with E-state index in [1.54, 1.807) is 0 Å². The van der Waals surface area contributed by atoms with Crippen molar-refractivity contribution < 1.29 is 0 Å². The Balaban J connectivity index is 1.72. The number of aliphatic imine (C=N–C) groups is 1. The number of fused-ring (bicyclic) bond motifs is 1. The highest BCUT2D eigenvalue weighted by atomic mass is 32.1. The van der Waals surface area contributed by atoms with Crippen LogP contribution in [-0.2, 0) is 0 Å². The highest BCUT2D eigenvalue weighted by molar-refractivity contribution is 7.94. The number of piperidine rings is 1. The molecule has 2 aromatic rings. The van der Waals surface area contributed by atoms with Crippen molar-refractivity contribution in [2.45, 2.75) is 31.2 Å². The number of H-pyrrole nitrogens is 1. The Morgan fingerprint density at radius 3 is 3.12 bits per heavy atom. The van der Waals surface area contributed by atoms with Crippen LogP contribution in [0.25, 0.3) is 11.0 Å². The first-order valence-corrected chi connectivity index (χ1v) is 8.96. The van der Waals surface area contributed by atoms with E-state index in [2.05, 4.69) is 43.9 Å². The number of hydrogen-bond donors (Lipinski definition) is 4. The fraction of sp³-hybridized carbons (Fsp3) is 0.471. The highest BCUT2D eigenvalue weighted by Crippen LogP contribution is 2.36. The van der Waals surface area contributed by atoms with Crippen LogP contribution in [0.5, 0.6) is 0 Å². The molecule has 0 radical (unpaired) electrons. The summed E-state index contributed by atoms with van der Waals surface area (Å²) in [4.78, 5) is 14.0. The third-order valence-electron chi connectivity index (χ3n) is 5.27. The van der Waals surface area contributed by atoms with Crippen molar-refractivity contribution in [2.75, 3.05) is 24.5 Å².